The maximum Gasteiger partial charge on any atom is 0.341 e. The molecule has 0 saturated heterocycles. The fourth-order valence-corrected chi connectivity index (χ4v) is 6.37. The van der Waals surface area contributed by atoms with Crippen molar-refractivity contribution >= 4 is 49.8 Å². The van der Waals surface area contributed by atoms with Gasteiger partial charge in [0.05, 0.1) is 17.6 Å². The van der Waals surface area contributed by atoms with E-state index in [0.29, 0.717) is 15.2 Å². The third-order valence-corrected chi connectivity index (χ3v) is 7.95. The van der Waals surface area contributed by atoms with E-state index in [-0.39, 0.29) is 24.3 Å². The Bertz CT molecular complexity index is 1440. The van der Waals surface area contributed by atoms with Gasteiger partial charge in [-0.15, -0.1) is 27.8 Å². The van der Waals surface area contributed by atoms with Crippen LogP contribution in [0, 0.1) is 0 Å². The molecule has 0 atom stereocenters. The topological polar surface area (TPSA) is 103 Å². The first kappa shape index (κ1) is 22.4. The monoisotopic (exact) mass is 494 g/mol. The second-order valence-corrected chi connectivity index (χ2v) is 10.1. The lowest BCUT2D eigenvalue weighted by atomic mass is 9.97. The number of hydrogen-bond acceptors (Lipinski definition) is 8. The third kappa shape index (κ3) is 4.26. The van der Waals surface area contributed by atoms with Gasteiger partial charge in [0.25, 0.3) is 5.56 Å². The van der Waals surface area contributed by atoms with Gasteiger partial charge in [0, 0.05) is 9.75 Å². The molecule has 3 aromatic heterocycles. The maximum absolute atomic E-state index is 13.1. The van der Waals surface area contributed by atoms with Gasteiger partial charge in [0.2, 0.25) is 5.91 Å². The Hall–Kier alpha value is -3.37. The van der Waals surface area contributed by atoms with E-state index in [9.17, 15) is 14.4 Å². The van der Waals surface area contributed by atoms with Gasteiger partial charge >= 0.3 is 5.97 Å². The minimum atomic E-state index is -0.514. The first-order chi connectivity index (χ1) is 16.5. The number of anilines is 1. The highest BCUT2D eigenvalue weighted by Gasteiger charge is 2.23. The van der Waals surface area contributed by atoms with Crippen LogP contribution in [0.3, 0.4) is 0 Å². The summed E-state index contributed by atoms with van der Waals surface area (Å²) in [5.74, 6) is -0.980. The van der Waals surface area contributed by atoms with Gasteiger partial charge in [-0.2, -0.15) is 0 Å². The van der Waals surface area contributed by atoms with Crippen LogP contribution in [0.2, 0.25) is 0 Å². The summed E-state index contributed by atoms with van der Waals surface area (Å²) in [5.41, 5.74) is 1.95. The van der Waals surface area contributed by atoms with Crippen LogP contribution in [-0.2, 0) is 28.9 Å². The molecular weight excluding hydrogens is 472 g/mol. The average Bonchev–Trinajstić information content (AvgIpc) is 3.43. The molecule has 5 rings (SSSR count). The number of carbonyl (C=O) groups excluding carboxylic acids is 2. The zero-order chi connectivity index (χ0) is 23.7. The Kier molecular flexibility index (Phi) is 6.25. The maximum atomic E-state index is 13.1. The summed E-state index contributed by atoms with van der Waals surface area (Å²) in [5, 5.41) is 11.9. The van der Waals surface area contributed by atoms with E-state index < -0.39 is 11.9 Å². The predicted octanol–water partition coefficient (Wildman–Crippen LogP) is 4.28. The highest BCUT2D eigenvalue weighted by molar-refractivity contribution is 7.20. The summed E-state index contributed by atoms with van der Waals surface area (Å²) in [4.78, 5) is 41.2. The zero-order valence-corrected chi connectivity index (χ0v) is 20.1. The lowest BCUT2D eigenvalue weighted by molar-refractivity contribution is -0.117. The molecule has 4 aromatic rings. The summed E-state index contributed by atoms with van der Waals surface area (Å²) in [6, 6.07) is 11.3. The number of thiophene rings is 2. The van der Waals surface area contributed by atoms with Crippen LogP contribution in [0.15, 0.2) is 41.2 Å². The van der Waals surface area contributed by atoms with Crippen LogP contribution in [-0.4, -0.2) is 33.5 Å². The van der Waals surface area contributed by atoms with Gasteiger partial charge in [-0.1, -0.05) is 35.5 Å². The van der Waals surface area contributed by atoms with Crippen LogP contribution >= 0.6 is 22.7 Å². The van der Waals surface area contributed by atoms with E-state index in [4.69, 9.17) is 4.74 Å². The number of aryl methyl sites for hydroxylation is 2. The molecule has 0 bridgehead atoms. The van der Waals surface area contributed by atoms with Crippen molar-refractivity contribution in [3.63, 3.8) is 0 Å². The number of ether oxygens (including phenoxy) is 1. The summed E-state index contributed by atoms with van der Waals surface area (Å²) in [6.07, 6.45) is 3.95. The third-order valence-electron chi connectivity index (χ3n) is 5.68. The van der Waals surface area contributed by atoms with E-state index in [1.165, 1.54) is 27.6 Å². The van der Waals surface area contributed by atoms with E-state index >= 15 is 0 Å². The van der Waals surface area contributed by atoms with Gasteiger partial charge in [0.1, 0.15) is 11.5 Å². The standard InChI is InChI=1S/C24H22N4O4S2/c1-2-32-24(31)16-12-18(14-8-4-3-5-9-14)34-21(16)25-19(29)13-28-23(30)20-15-10-6-7-11-17(15)33-22(20)26-27-28/h3-5,8-9,12H,2,6-7,10-11,13H2,1H3,(H,25,29). The summed E-state index contributed by atoms with van der Waals surface area (Å²) < 4.78 is 6.26. The molecule has 1 aliphatic carbocycles. The van der Waals surface area contributed by atoms with Crippen LogP contribution in [0.4, 0.5) is 5.00 Å². The molecule has 0 unspecified atom stereocenters. The number of amides is 1. The SMILES string of the molecule is CCOC(=O)c1cc(-c2ccccc2)sc1NC(=O)Cn1nnc2sc3c(c2c1=O)CCCC3. The molecule has 0 fully saturated rings. The molecule has 0 saturated carbocycles. The summed E-state index contributed by atoms with van der Waals surface area (Å²) in [7, 11) is 0. The van der Waals surface area contributed by atoms with Crippen LogP contribution in [0.1, 0.15) is 40.6 Å². The van der Waals surface area contributed by atoms with Gasteiger partial charge in [-0.25, -0.2) is 9.48 Å². The molecule has 0 radical (unpaired) electrons. The van der Waals surface area contributed by atoms with E-state index in [0.717, 1.165) is 46.4 Å². The van der Waals surface area contributed by atoms with E-state index in [2.05, 4.69) is 15.6 Å². The Morgan fingerprint density at radius 3 is 2.74 bits per heavy atom. The largest absolute Gasteiger partial charge is 0.462 e. The highest BCUT2D eigenvalue weighted by Crippen LogP contribution is 2.36. The Morgan fingerprint density at radius 1 is 1.15 bits per heavy atom. The van der Waals surface area contributed by atoms with Crippen molar-refractivity contribution < 1.29 is 14.3 Å². The lowest BCUT2D eigenvalue weighted by Crippen LogP contribution is -2.30. The molecule has 34 heavy (non-hydrogen) atoms. The van der Waals surface area contributed by atoms with E-state index in [1.807, 2.05) is 30.3 Å². The predicted molar refractivity (Wildman–Crippen MR) is 133 cm³/mol. The molecule has 0 spiro atoms. The second kappa shape index (κ2) is 9.47. The van der Waals surface area contributed by atoms with Crippen molar-refractivity contribution in [2.75, 3.05) is 11.9 Å². The number of hydrogen-bond donors (Lipinski definition) is 1. The van der Waals surface area contributed by atoms with Crippen LogP contribution in [0.5, 0.6) is 0 Å². The Balaban J connectivity index is 1.43. The molecule has 10 heteroatoms. The first-order valence-corrected chi connectivity index (χ1v) is 12.7. The van der Waals surface area contributed by atoms with Crippen LogP contribution < -0.4 is 10.9 Å². The Labute approximate surface area is 203 Å². The summed E-state index contributed by atoms with van der Waals surface area (Å²) in [6.45, 7) is 1.65. The number of fused-ring (bicyclic) bond motifs is 3. The van der Waals surface area contributed by atoms with Crippen LogP contribution in [0.25, 0.3) is 20.7 Å². The number of carbonyl (C=O) groups is 2. The van der Waals surface area contributed by atoms with Crippen molar-refractivity contribution in [3.05, 3.63) is 62.8 Å². The van der Waals surface area contributed by atoms with Gasteiger partial charge < -0.3 is 10.1 Å². The highest BCUT2D eigenvalue weighted by atomic mass is 32.1. The summed E-state index contributed by atoms with van der Waals surface area (Å²) >= 11 is 2.80. The quantitative estimate of drug-likeness (QED) is 0.402. The van der Waals surface area contributed by atoms with Gasteiger partial charge in [0.15, 0.2) is 4.83 Å². The number of nitrogens with zero attached hydrogens (tertiary/aromatic N) is 3. The molecule has 3 heterocycles. The fraction of sp³-hybridized carbons (Fsp3) is 0.292. The van der Waals surface area contributed by atoms with E-state index in [1.54, 1.807) is 13.0 Å². The minimum absolute atomic E-state index is 0.221. The number of esters is 1. The smallest absolute Gasteiger partial charge is 0.341 e. The van der Waals surface area contributed by atoms with Crippen molar-refractivity contribution in [1.29, 1.82) is 0 Å². The van der Waals surface area contributed by atoms with Crippen molar-refractivity contribution in [3.8, 4) is 10.4 Å². The number of rotatable bonds is 6. The van der Waals surface area contributed by atoms with Crippen molar-refractivity contribution in [1.82, 2.24) is 15.0 Å². The molecular formula is C24H22N4O4S2. The van der Waals surface area contributed by atoms with Gasteiger partial charge in [-0.05, 0) is 49.8 Å². The number of aromatic nitrogens is 3. The normalized spacial score (nSPS) is 13.0. The number of nitrogens with one attached hydrogen (secondary N) is 1. The van der Waals surface area contributed by atoms with Gasteiger partial charge in [-0.3, -0.25) is 9.59 Å². The average molecular weight is 495 g/mol. The molecule has 0 aliphatic heterocycles. The molecule has 8 nitrogen and oxygen atoms in total. The molecule has 1 N–H and O–H groups in total. The molecule has 174 valence electrons. The number of benzene rings is 1. The Morgan fingerprint density at radius 2 is 1.94 bits per heavy atom. The second-order valence-electron chi connectivity index (χ2n) is 7.93. The first-order valence-electron chi connectivity index (χ1n) is 11.1. The molecule has 1 aliphatic rings. The molecule has 1 aromatic carbocycles. The lowest BCUT2D eigenvalue weighted by Gasteiger charge is -2.10. The minimum Gasteiger partial charge on any atom is -0.462 e. The zero-order valence-electron chi connectivity index (χ0n) is 18.5. The van der Waals surface area contributed by atoms with Crippen molar-refractivity contribution in [2.24, 2.45) is 0 Å². The molecule has 1 amide bonds. The van der Waals surface area contributed by atoms with Crippen molar-refractivity contribution in [2.45, 2.75) is 39.2 Å². The fourth-order valence-electron chi connectivity index (χ4n) is 4.10.